The van der Waals surface area contributed by atoms with Gasteiger partial charge in [-0.3, -0.25) is 0 Å². The van der Waals surface area contributed by atoms with Gasteiger partial charge in [-0.15, -0.1) is 12.8 Å². The maximum Gasteiger partial charge on any atom is 0.124 e. The van der Waals surface area contributed by atoms with Crippen LogP contribution in [-0.4, -0.2) is 26.4 Å². The molecule has 4 rings (SSSR count). The summed E-state index contributed by atoms with van der Waals surface area (Å²) in [5, 5.41) is 4.01. The average molecular weight is 1440 g/mol. The van der Waals surface area contributed by atoms with Crippen molar-refractivity contribution in [3.63, 3.8) is 0 Å². The van der Waals surface area contributed by atoms with E-state index in [1.54, 1.807) is 0 Å². The van der Waals surface area contributed by atoms with E-state index in [1.165, 1.54) is 101 Å². The van der Waals surface area contributed by atoms with Crippen molar-refractivity contribution in [1.29, 1.82) is 0 Å². The first-order valence-corrected chi connectivity index (χ1v) is 34.0. The second kappa shape index (κ2) is 63.4. The Morgan fingerprint density at radius 1 is 0.308 bits per heavy atom. The van der Waals surface area contributed by atoms with E-state index in [0.717, 1.165) is 78.9 Å². The predicted molar refractivity (Wildman–Crippen MR) is 514 cm³/mol. The number of benzene rings is 4. The zero-order chi connectivity index (χ0) is 74.0. The third-order valence-electron chi connectivity index (χ3n) is 13.9. The lowest BCUT2D eigenvalue weighted by atomic mass is 9.98. The number of azide groups is 1. The van der Waals surface area contributed by atoms with Crippen molar-refractivity contribution in [3.05, 3.63) is 141 Å². The molecule has 592 valence electrons. The highest BCUT2D eigenvalue weighted by Crippen LogP contribution is 2.29. The molecule has 0 aromatic heterocycles. The minimum atomic E-state index is -0.350. The van der Waals surface area contributed by atoms with Crippen LogP contribution in [0.1, 0.15) is 237 Å². The monoisotopic (exact) mass is 1440 g/mol. The van der Waals surface area contributed by atoms with Gasteiger partial charge in [-0.25, -0.2) is 0 Å². The van der Waals surface area contributed by atoms with Gasteiger partial charge in [0.25, 0.3) is 0 Å². The lowest BCUT2D eigenvalue weighted by molar-refractivity contribution is 0.267. The molecule has 8 heteroatoms. The van der Waals surface area contributed by atoms with E-state index >= 15 is 0 Å². The average Bonchev–Trinajstić information content (AvgIpc) is 0.848. The number of terminal acetylenes is 2. The zero-order valence-corrected chi connectivity index (χ0v) is 59.1. The third-order valence-corrected chi connectivity index (χ3v) is 13.9. The van der Waals surface area contributed by atoms with Crippen LogP contribution in [0.3, 0.4) is 0 Å². The Morgan fingerprint density at radius 2 is 0.519 bits per heavy atom. The number of hydrogen-bond acceptors (Lipinski definition) is 6. The third kappa shape index (κ3) is 48.4. The molecule has 0 aliphatic carbocycles. The van der Waals surface area contributed by atoms with E-state index < -0.39 is 0 Å². The second-order valence-electron chi connectivity index (χ2n) is 21.8. The molecule has 0 amide bonds. The first-order chi connectivity index (χ1) is 51.4. The number of nitrogens with two attached hydrogens (primary N) is 1. The summed E-state index contributed by atoms with van der Waals surface area (Å²) in [6, 6.07) is 32.0. The predicted octanol–water partition coefficient (Wildman–Crippen LogP) is 26.1. The summed E-state index contributed by atoms with van der Waals surface area (Å²) in [6.45, 7) is 6.78. The molecule has 0 aliphatic rings. The minimum Gasteiger partial charge on any atom is -0.494 e. The number of unbranched alkanes of at least 4 members (excludes halogenated alkanes) is 18. The lowest BCUT2D eigenvalue weighted by Gasteiger charge is -2.14. The van der Waals surface area contributed by atoms with Gasteiger partial charge in [-0.05, 0) is 186 Å². The van der Waals surface area contributed by atoms with Crippen LogP contribution in [0.25, 0.3) is 10.4 Å². The number of ether oxygens (including phenoxy) is 4. The number of nitrogens with zero attached hydrogens (tertiary/aromatic N) is 3. The van der Waals surface area contributed by atoms with E-state index in [2.05, 4.69) is 302 Å². The smallest absolute Gasteiger partial charge is 0.124 e. The van der Waals surface area contributed by atoms with E-state index in [0.29, 0.717) is 19.8 Å². The summed E-state index contributed by atoms with van der Waals surface area (Å²) in [6.07, 6.45) is 38.9. The molecule has 0 saturated carbocycles. The number of hydrogen-bond donors (Lipinski definition) is 1. The largest absolute Gasteiger partial charge is 0.494 e. The molecule has 0 bridgehead atoms. The van der Waals surface area contributed by atoms with Gasteiger partial charge >= 0.3 is 0 Å². The minimum absolute atomic E-state index is 0. The van der Waals surface area contributed by atoms with Crippen LogP contribution in [0.4, 0.5) is 0 Å². The first kappa shape index (κ1) is 83.9. The summed E-state index contributed by atoms with van der Waals surface area (Å²) < 4.78 is 22.5. The van der Waals surface area contributed by atoms with Crippen LogP contribution < -0.4 is 15.2 Å². The summed E-state index contributed by atoms with van der Waals surface area (Å²) in [4.78, 5) is 3.05. The van der Waals surface area contributed by atoms with Crippen molar-refractivity contribution in [2.24, 2.45) is 10.8 Å². The molecule has 0 radical (unpaired) electrons. The molecule has 2 N–H and O–H groups in total. The van der Waals surface area contributed by atoms with Crippen LogP contribution >= 0.6 is 0 Å². The lowest BCUT2D eigenvalue weighted by Crippen LogP contribution is -2.11. The van der Waals surface area contributed by atoms with Gasteiger partial charge in [-0.2, -0.15) is 0 Å². The Kier molecular flexibility index (Phi) is 51.2. The molecule has 104 heavy (non-hydrogen) atoms. The van der Waals surface area contributed by atoms with Crippen molar-refractivity contribution in [3.8, 4) is 273 Å². The number of aryl methyl sites for hydroxylation is 2. The van der Waals surface area contributed by atoms with Crippen LogP contribution in [-0.2, 0) is 9.47 Å². The summed E-state index contributed by atoms with van der Waals surface area (Å²) in [5.74, 6) is 102. The molecule has 0 saturated heterocycles. The quantitative estimate of drug-likeness (QED) is 0.0168. The molecule has 0 aliphatic heterocycles. The second-order valence-corrected chi connectivity index (χ2v) is 21.8. The maximum absolute atomic E-state index is 9.05. The molecule has 2 unspecified atom stereocenters. The van der Waals surface area contributed by atoms with Gasteiger partial charge < -0.3 is 24.7 Å². The number of rotatable bonds is 33. The van der Waals surface area contributed by atoms with Gasteiger partial charge in [0.1, 0.15) is 36.9 Å². The van der Waals surface area contributed by atoms with Gasteiger partial charge in [0.15, 0.2) is 0 Å². The van der Waals surface area contributed by atoms with Gasteiger partial charge in [0, 0.05) is 210 Å². The van der Waals surface area contributed by atoms with Crippen molar-refractivity contribution in [2.75, 3.05) is 26.4 Å². The van der Waals surface area contributed by atoms with E-state index in [1.807, 2.05) is 67.6 Å². The Morgan fingerprint density at radius 3 is 0.779 bits per heavy atom. The Balaban J connectivity index is -0.0000000293. The van der Waals surface area contributed by atoms with Gasteiger partial charge in [0.2, 0.25) is 0 Å². The summed E-state index contributed by atoms with van der Waals surface area (Å²) >= 11 is 0. The molecule has 0 spiro atoms. The Bertz CT molecular complexity index is 5080. The fraction of sp³-hybridized carbons (Fsp3) is 0.292. The Labute approximate surface area is 686 Å². The first-order valence-electron chi connectivity index (χ1n) is 34.0. The van der Waals surface area contributed by atoms with Crippen LogP contribution in [0, 0.1) is 276 Å². The Hall–Kier alpha value is -14.3. The van der Waals surface area contributed by atoms with Crippen LogP contribution in [0.2, 0.25) is 0 Å². The highest BCUT2D eigenvalue weighted by molar-refractivity contribution is 5.50. The maximum atomic E-state index is 9.05. The van der Waals surface area contributed by atoms with E-state index in [9.17, 15) is 0 Å². The molecule has 0 heterocycles. The van der Waals surface area contributed by atoms with E-state index in [-0.39, 0.29) is 74.9 Å². The highest BCUT2D eigenvalue weighted by atomic mass is 16.5. The SMILES string of the molecule is C#CC#CC#CC#CC#CC#CC#CC#CC#CC#CC#COCCCCCCCCCCCCOc1ccc(C(N)c2ccc(C)cc2)cc1.C#CC#CC#CC#CC#CC#CC#CC#CC#CC#CC#COCCCCCCCCCCCCOc1ccc(C(N=[N+]=[N-])c2ccc(C)cc2)cc1.[HH].[HH].[HH].[HH].[HH].[HH].[HH].[HH].[HH].[HH].[HH].[HH].[HH].[HH].[HH].[HH].[HH].[HH].[HH].[HH].[HH].[HH].[HH].[HH].[HH].[HH].[HH].[HH].[HH].[HH].[HH].[HH].[HH].[HH].[HH].[HH].[HH].[HH].[HH].[HH].[HH].[HH].[HH].[HH]. The van der Waals surface area contributed by atoms with Gasteiger partial charge in [-0.1, -0.05) is 192 Å². The molecule has 8 nitrogen and oxygen atoms in total. The standard InChI is InChI=1S/C48H37N3O2.C48H39NO2.44H2/c1-3-4-5-6-7-8-9-10-11-12-13-14-15-16-17-18-21-24-27-30-41-52-42-31-28-25-22-19-20-23-26-29-32-43-53-47-39-37-46(38-40-47)48(50-51-49)45-35-33-44(2)34-36-45;1-3-4-5-6-7-8-9-10-11-12-13-14-15-16-17-18-21-24-27-30-41-50-42-31-28-25-22-19-20-23-26-29-32-43-51-47-39-37-46(38-40-47)48(49)45-35-33-44(2)34-36-45;;;;;;;;;;;;;;;;;;;;;;;;;;;;;;;;;;;;;;;;;;;;/h1,33-40,48H,19-20,22-23,25-26,28-29,31-32,42-43H2,2H3;1,33-40,48H,19-20,22-23,25-26,28-29,31-32,42-43,49H2,2H3;44*1H. The normalized spacial score (nSPS) is 8.59. The molecular formula is C96H164N4O4. The van der Waals surface area contributed by atoms with Crippen molar-refractivity contribution in [2.45, 2.75) is 154 Å². The fourth-order valence-corrected chi connectivity index (χ4v) is 8.73. The van der Waals surface area contributed by atoms with Crippen LogP contribution in [0.5, 0.6) is 11.5 Å². The van der Waals surface area contributed by atoms with Crippen molar-refractivity contribution in [1.82, 2.24) is 0 Å². The molecule has 2 atom stereocenters. The summed E-state index contributed by atoms with van der Waals surface area (Å²) in [7, 11) is 0. The molecular weight excluding hydrogens is 1270 g/mol. The fourth-order valence-electron chi connectivity index (χ4n) is 8.73. The molecule has 0 fully saturated rings. The van der Waals surface area contributed by atoms with Crippen LogP contribution in [0.15, 0.2) is 102 Å². The molecule has 4 aromatic carbocycles. The van der Waals surface area contributed by atoms with E-state index in [4.69, 9.17) is 43.1 Å². The van der Waals surface area contributed by atoms with Crippen molar-refractivity contribution >= 4 is 0 Å². The topological polar surface area (TPSA) is 112 Å². The van der Waals surface area contributed by atoms with Crippen molar-refractivity contribution < 1.29 is 81.7 Å². The molecule has 4 aromatic rings. The zero-order valence-electron chi connectivity index (χ0n) is 59.1. The summed E-state index contributed by atoms with van der Waals surface area (Å²) in [5.41, 5.74) is 22.0. The highest BCUT2D eigenvalue weighted by Gasteiger charge is 2.13. The van der Waals surface area contributed by atoms with Gasteiger partial charge in [0.05, 0.1) is 25.3 Å².